The molecule has 1 saturated heterocycles. The molecule has 0 spiro atoms. The van der Waals surface area contributed by atoms with Gasteiger partial charge in [-0.25, -0.2) is 4.98 Å². The van der Waals surface area contributed by atoms with Crippen molar-refractivity contribution in [3.05, 3.63) is 29.3 Å². The number of rotatable bonds is 5. The Hall–Kier alpha value is -0.930. The molecule has 1 aromatic carbocycles. The van der Waals surface area contributed by atoms with Crippen LogP contribution in [0.2, 0.25) is 0 Å². The Bertz CT molecular complexity index is 501. The van der Waals surface area contributed by atoms with Crippen LogP contribution in [-0.2, 0) is 0 Å². The van der Waals surface area contributed by atoms with Crippen molar-refractivity contribution in [2.75, 3.05) is 13.1 Å². The lowest BCUT2D eigenvalue weighted by Gasteiger charge is -2.22. The Balaban J connectivity index is 1.76. The molecule has 1 aliphatic heterocycles. The zero-order valence-corrected chi connectivity index (χ0v) is 12.5. The Morgan fingerprint density at radius 1 is 1.32 bits per heavy atom. The molecule has 0 aliphatic carbocycles. The van der Waals surface area contributed by atoms with Crippen LogP contribution in [0.15, 0.2) is 24.3 Å². The van der Waals surface area contributed by atoms with Crippen LogP contribution in [0.5, 0.6) is 0 Å². The van der Waals surface area contributed by atoms with E-state index in [1.54, 1.807) is 0 Å². The van der Waals surface area contributed by atoms with Gasteiger partial charge in [0, 0.05) is 0 Å². The Morgan fingerprint density at radius 2 is 2.21 bits per heavy atom. The molecule has 102 valence electrons. The molecule has 1 unspecified atom stereocenters. The lowest BCUT2D eigenvalue weighted by atomic mass is 10.2. The minimum atomic E-state index is 0.578. The summed E-state index contributed by atoms with van der Waals surface area (Å²) in [4.78, 5) is 7.50. The number of hydrogen-bond donors (Lipinski definition) is 0. The molecule has 0 radical (unpaired) electrons. The smallest absolute Gasteiger partial charge is 0.111 e. The maximum atomic E-state index is 4.85. The van der Waals surface area contributed by atoms with Crippen LogP contribution in [0.4, 0.5) is 0 Å². The predicted molar refractivity (Wildman–Crippen MR) is 82.7 cm³/mol. The average Bonchev–Trinajstić information content (AvgIpc) is 3.04. The van der Waals surface area contributed by atoms with Crippen LogP contribution in [-0.4, -0.2) is 23.0 Å². The molecule has 3 rings (SSSR count). The molecule has 0 amide bonds. The quantitative estimate of drug-likeness (QED) is 0.739. The third-order valence-electron chi connectivity index (χ3n) is 4.01. The van der Waals surface area contributed by atoms with Crippen LogP contribution in [0.1, 0.15) is 50.1 Å². The van der Waals surface area contributed by atoms with Gasteiger partial charge in [-0.3, -0.25) is 4.90 Å². The first kappa shape index (κ1) is 13.1. The zero-order valence-electron chi connectivity index (χ0n) is 11.6. The summed E-state index contributed by atoms with van der Waals surface area (Å²) in [6, 6.07) is 9.09. The lowest BCUT2D eigenvalue weighted by molar-refractivity contribution is 0.251. The van der Waals surface area contributed by atoms with E-state index >= 15 is 0 Å². The number of unbranched alkanes of at least 4 members (excludes halogenated alkanes) is 2. The van der Waals surface area contributed by atoms with Gasteiger partial charge in [0.1, 0.15) is 5.01 Å². The third-order valence-corrected chi connectivity index (χ3v) is 5.15. The highest BCUT2D eigenvalue weighted by atomic mass is 32.1. The van der Waals surface area contributed by atoms with E-state index in [4.69, 9.17) is 4.98 Å². The van der Waals surface area contributed by atoms with Crippen LogP contribution in [0.3, 0.4) is 0 Å². The van der Waals surface area contributed by atoms with Gasteiger partial charge in [-0.05, 0) is 44.5 Å². The minimum absolute atomic E-state index is 0.578. The van der Waals surface area contributed by atoms with Gasteiger partial charge in [0.2, 0.25) is 0 Å². The Labute approximate surface area is 119 Å². The molecule has 0 N–H and O–H groups in total. The number of thiazole rings is 1. The molecular weight excluding hydrogens is 252 g/mol. The standard InChI is InChI=1S/C16H22N2S/c1-2-3-6-11-18-12-7-9-14(18)16-17-13-8-4-5-10-15(13)19-16/h4-5,8,10,14H,2-3,6-7,9,11-12H2,1H3. The highest BCUT2D eigenvalue weighted by Gasteiger charge is 2.27. The molecule has 2 nitrogen and oxygen atoms in total. The SMILES string of the molecule is CCCCCN1CCCC1c1nc2ccccc2s1. The van der Waals surface area contributed by atoms with E-state index in [1.807, 2.05) is 11.3 Å². The number of nitrogens with zero attached hydrogens (tertiary/aromatic N) is 2. The van der Waals surface area contributed by atoms with Gasteiger partial charge in [0.05, 0.1) is 16.3 Å². The summed E-state index contributed by atoms with van der Waals surface area (Å²) >= 11 is 1.88. The molecule has 3 heteroatoms. The summed E-state index contributed by atoms with van der Waals surface area (Å²) in [6.45, 7) is 4.77. The largest absolute Gasteiger partial charge is 0.294 e. The fourth-order valence-corrected chi connectivity index (χ4v) is 4.11. The van der Waals surface area contributed by atoms with Gasteiger partial charge in [-0.1, -0.05) is 31.9 Å². The minimum Gasteiger partial charge on any atom is -0.294 e. The number of benzene rings is 1. The first-order chi connectivity index (χ1) is 9.38. The maximum Gasteiger partial charge on any atom is 0.111 e. The zero-order chi connectivity index (χ0) is 13.1. The number of fused-ring (bicyclic) bond motifs is 1. The maximum absolute atomic E-state index is 4.85. The van der Waals surface area contributed by atoms with Crippen LogP contribution >= 0.6 is 11.3 Å². The topological polar surface area (TPSA) is 16.1 Å². The van der Waals surface area contributed by atoms with E-state index in [9.17, 15) is 0 Å². The number of aromatic nitrogens is 1. The van der Waals surface area contributed by atoms with Gasteiger partial charge in [0.15, 0.2) is 0 Å². The van der Waals surface area contributed by atoms with Crippen molar-refractivity contribution in [2.24, 2.45) is 0 Å². The summed E-state index contributed by atoms with van der Waals surface area (Å²) in [5, 5.41) is 1.33. The third kappa shape index (κ3) is 2.82. The number of para-hydroxylation sites is 1. The molecule has 1 aromatic heterocycles. The van der Waals surface area contributed by atoms with Crippen LogP contribution in [0, 0.1) is 0 Å². The van der Waals surface area contributed by atoms with Crippen LogP contribution < -0.4 is 0 Å². The molecule has 0 saturated carbocycles. The van der Waals surface area contributed by atoms with E-state index in [0.717, 1.165) is 0 Å². The first-order valence-corrected chi connectivity index (χ1v) is 8.29. The molecule has 1 atom stereocenters. The van der Waals surface area contributed by atoms with Crippen molar-refractivity contribution in [3.8, 4) is 0 Å². The van der Waals surface area contributed by atoms with Gasteiger partial charge >= 0.3 is 0 Å². The number of hydrogen-bond acceptors (Lipinski definition) is 3. The average molecular weight is 274 g/mol. The number of likely N-dealkylation sites (tertiary alicyclic amines) is 1. The van der Waals surface area contributed by atoms with Crippen molar-refractivity contribution in [3.63, 3.8) is 0 Å². The monoisotopic (exact) mass is 274 g/mol. The summed E-state index contributed by atoms with van der Waals surface area (Å²) in [5.74, 6) is 0. The molecule has 1 fully saturated rings. The summed E-state index contributed by atoms with van der Waals surface area (Å²) in [5.41, 5.74) is 1.17. The highest BCUT2D eigenvalue weighted by Crippen LogP contribution is 2.36. The highest BCUT2D eigenvalue weighted by molar-refractivity contribution is 7.18. The van der Waals surface area contributed by atoms with Gasteiger partial charge in [-0.15, -0.1) is 11.3 Å². The second-order valence-electron chi connectivity index (χ2n) is 5.42. The summed E-state index contributed by atoms with van der Waals surface area (Å²) in [7, 11) is 0. The fraction of sp³-hybridized carbons (Fsp3) is 0.562. The predicted octanol–water partition coefficient (Wildman–Crippen LogP) is 4.62. The second-order valence-corrected chi connectivity index (χ2v) is 6.48. The van der Waals surface area contributed by atoms with Crippen molar-refractivity contribution >= 4 is 21.6 Å². The fourth-order valence-electron chi connectivity index (χ4n) is 2.97. The summed E-state index contributed by atoms with van der Waals surface area (Å²) < 4.78 is 1.33. The van der Waals surface area contributed by atoms with Crippen molar-refractivity contribution in [1.82, 2.24) is 9.88 Å². The van der Waals surface area contributed by atoms with E-state index in [-0.39, 0.29) is 0 Å². The van der Waals surface area contributed by atoms with Crippen LogP contribution in [0.25, 0.3) is 10.2 Å². The molecule has 19 heavy (non-hydrogen) atoms. The molecule has 2 aromatic rings. The van der Waals surface area contributed by atoms with E-state index in [1.165, 1.54) is 60.4 Å². The molecule has 2 heterocycles. The molecule has 0 bridgehead atoms. The van der Waals surface area contributed by atoms with Crippen molar-refractivity contribution in [1.29, 1.82) is 0 Å². The van der Waals surface area contributed by atoms with Gasteiger partial charge in [0.25, 0.3) is 0 Å². The van der Waals surface area contributed by atoms with Crippen molar-refractivity contribution in [2.45, 2.75) is 45.1 Å². The van der Waals surface area contributed by atoms with E-state index in [0.29, 0.717) is 6.04 Å². The van der Waals surface area contributed by atoms with Crippen molar-refractivity contribution < 1.29 is 0 Å². The van der Waals surface area contributed by atoms with E-state index < -0.39 is 0 Å². The normalized spacial score (nSPS) is 20.4. The lowest BCUT2D eigenvalue weighted by Crippen LogP contribution is -2.24. The first-order valence-electron chi connectivity index (χ1n) is 7.48. The van der Waals surface area contributed by atoms with Gasteiger partial charge in [-0.2, -0.15) is 0 Å². The summed E-state index contributed by atoms with van der Waals surface area (Å²) in [6.07, 6.45) is 6.60. The van der Waals surface area contributed by atoms with Gasteiger partial charge < -0.3 is 0 Å². The molecular formula is C16H22N2S. The Morgan fingerprint density at radius 3 is 3.05 bits per heavy atom. The van der Waals surface area contributed by atoms with E-state index in [2.05, 4.69) is 36.1 Å². The Kier molecular flexibility index (Phi) is 4.14. The molecule has 1 aliphatic rings. The second kappa shape index (κ2) is 6.02.